The zero-order chi connectivity index (χ0) is 14.6. The van der Waals surface area contributed by atoms with Crippen molar-refractivity contribution in [3.63, 3.8) is 0 Å². The van der Waals surface area contributed by atoms with E-state index in [0.717, 1.165) is 12.1 Å². The lowest BCUT2D eigenvalue weighted by molar-refractivity contribution is -0.138. The largest absolute Gasteiger partial charge is 0.481 e. The van der Waals surface area contributed by atoms with Gasteiger partial charge in [-0.3, -0.25) is 9.59 Å². The second kappa shape index (κ2) is 5.91. The normalized spacial score (nSPS) is 11.7. The fourth-order valence-corrected chi connectivity index (χ4v) is 1.33. The number of amides is 1. The molecule has 1 atom stereocenters. The summed E-state index contributed by atoms with van der Waals surface area (Å²) in [5.74, 6) is -4.65. The van der Waals surface area contributed by atoms with Crippen molar-refractivity contribution < 1.29 is 29.0 Å². The third-order valence-corrected chi connectivity index (χ3v) is 2.22. The minimum atomic E-state index is -1.43. The fraction of sp³-hybridized carbons (Fsp3) is 0.182. The van der Waals surface area contributed by atoms with E-state index in [9.17, 15) is 18.8 Å². The highest BCUT2D eigenvalue weighted by atomic mass is 19.1. The number of halogens is 1. The number of nitrogens with one attached hydrogen (secondary N) is 1. The number of aromatic carboxylic acids is 1. The molecule has 0 spiro atoms. The van der Waals surface area contributed by atoms with Gasteiger partial charge in [0.05, 0.1) is 23.7 Å². The summed E-state index contributed by atoms with van der Waals surface area (Å²) in [5, 5.41) is 19.3. The maximum atomic E-state index is 13.5. The average molecular weight is 270 g/mol. The van der Waals surface area contributed by atoms with Gasteiger partial charge in [-0.15, -0.1) is 0 Å². The SMILES string of the molecule is NC(CC(=O)O)C(=O)Nc1c(F)cccc1C(=O)O. The summed E-state index contributed by atoms with van der Waals surface area (Å²) >= 11 is 0. The highest BCUT2D eigenvalue weighted by Crippen LogP contribution is 2.20. The van der Waals surface area contributed by atoms with E-state index in [0.29, 0.717) is 0 Å². The number of hydrogen-bond donors (Lipinski definition) is 4. The van der Waals surface area contributed by atoms with Gasteiger partial charge in [-0.2, -0.15) is 0 Å². The van der Waals surface area contributed by atoms with E-state index in [1.807, 2.05) is 5.32 Å². The Hall–Kier alpha value is -2.48. The van der Waals surface area contributed by atoms with E-state index in [-0.39, 0.29) is 0 Å². The Morgan fingerprint density at radius 3 is 2.47 bits per heavy atom. The van der Waals surface area contributed by atoms with Crippen molar-refractivity contribution in [1.29, 1.82) is 0 Å². The van der Waals surface area contributed by atoms with Crippen LogP contribution in [0.25, 0.3) is 0 Å². The number of aliphatic carboxylic acids is 1. The standard InChI is InChI=1S/C11H11FN2O5/c12-6-3-1-2-5(11(18)19)9(6)14-10(17)7(13)4-8(15)16/h1-3,7H,4,13H2,(H,14,17)(H,15,16)(H,18,19). The van der Waals surface area contributed by atoms with Crippen LogP contribution in [0.15, 0.2) is 18.2 Å². The lowest BCUT2D eigenvalue weighted by Crippen LogP contribution is -2.38. The van der Waals surface area contributed by atoms with Crippen LogP contribution in [0, 0.1) is 5.82 Å². The molecule has 1 aromatic rings. The van der Waals surface area contributed by atoms with Gasteiger partial charge in [0.25, 0.3) is 0 Å². The first-order valence-corrected chi connectivity index (χ1v) is 5.13. The zero-order valence-corrected chi connectivity index (χ0v) is 9.59. The highest BCUT2D eigenvalue weighted by molar-refractivity contribution is 6.03. The molecule has 8 heteroatoms. The highest BCUT2D eigenvalue weighted by Gasteiger charge is 2.21. The molecule has 0 bridgehead atoms. The molecule has 0 saturated carbocycles. The van der Waals surface area contributed by atoms with Gasteiger partial charge in [0, 0.05) is 0 Å². The van der Waals surface area contributed by atoms with Crippen LogP contribution in [0.1, 0.15) is 16.8 Å². The molecule has 0 aliphatic rings. The Morgan fingerprint density at radius 2 is 1.95 bits per heavy atom. The van der Waals surface area contributed by atoms with Gasteiger partial charge in [-0.1, -0.05) is 6.07 Å². The zero-order valence-electron chi connectivity index (χ0n) is 9.59. The summed E-state index contributed by atoms with van der Waals surface area (Å²) < 4.78 is 13.5. The maximum absolute atomic E-state index is 13.5. The Balaban J connectivity index is 2.96. The molecular weight excluding hydrogens is 259 g/mol. The van der Waals surface area contributed by atoms with Gasteiger partial charge in [-0.05, 0) is 12.1 Å². The molecule has 1 rings (SSSR count). The second-order valence-corrected chi connectivity index (χ2v) is 3.66. The van der Waals surface area contributed by atoms with Crippen molar-refractivity contribution in [2.75, 3.05) is 5.32 Å². The number of carbonyl (C=O) groups excluding carboxylic acids is 1. The number of carboxylic acids is 2. The van der Waals surface area contributed by atoms with Crippen molar-refractivity contribution in [2.45, 2.75) is 12.5 Å². The molecule has 1 aromatic carbocycles. The van der Waals surface area contributed by atoms with Crippen LogP contribution in [-0.2, 0) is 9.59 Å². The van der Waals surface area contributed by atoms with E-state index >= 15 is 0 Å². The molecule has 7 nitrogen and oxygen atoms in total. The van der Waals surface area contributed by atoms with E-state index in [2.05, 4.69) is 0 Å². The Kier molecular flexibility index (Phi) is 4.54. The van der Waals surface area contributed by atoms with Crippen molar-refractivity contribution in [3.05, 3.63) is 29.6 Å². The molecule has 19 heavy (non-hydrogen) atoms. The topological polar surface area (TPSA) is 130 Å². The molecule has 0 heterocycles. The smallest absolute Gasteiger partial charge is 0.337 e. The number of anilines is 1. The molecule has 0 saturated heterocycles. The van der Waals surface area contributed by atoms with Crippen LogP contribution in [0.2, 0.25) is 0 Å². The first-order chi connectivity index (χ1) is 8.82. The van der Waals surface area contributed by atoms with Gasteiger partial charge >= 0.3 is 11.9 Å². The van der Waals surface area contributed by atoms with Crippen LogP contribution in [-0.4, -0.2) is 34.1 Å². The van der Waals surface area contributed by atoms with Crippen LogP contribution in [0.5, 0.6) is 0 Å². The van der Waals surface area contributed by atoms with Crippen LogP contribution in [0.4, 0.5) is 10.1 Å². The van der Waals surface area contributed by atoms with Crippen LogP contribution >= 0.6 is 0 Å². The van der Waals surface area contributed by atoms with Crippen molar-refractivity contribution >= 4 is 23.5 Å². The number of hydrogen-bond acceptors (Lipinski definition) is 4. The lowest BCUT2D eigenvalue weighted by atomic mass is 10.1. The van der Waals surface area contributed by atoms with Crippen molar-refractivity contribution in [3.8, 4) is 0 Å². The van der Waals surface area contributed by atoms with Crippen molar-refractivity contribution in [1.82, 2.24) is 0 Å². The van der Waals surface area contributed by atoms with Gasteiger partial charge in [-0.25, -0.2) is 9.18 Å². The van der Waals surface area contributed by atoms with Gasteiger partial charge in [0.15, 0.2) is 0 Å². The van der Waals surface area contributed by atoms with Crippen molar-refractivity contribution in [2.24, 2.45) is 5.73 Å². The minimum absolute atomic E-state index is 0.448. The summed E-state index contributed by atoms with van der Waals surface area (Å²) in [5.41, 5.74) is 4.29. The Morgan fingerprint density at radius 1 is 1.32 bits per heavy atom. The molecular formula is C11H11FN2O5. The van der Waals surface area contributed by atoms with E-state index in [1.54, 1.807) is 0 Å². The molecule has 0 fully saturated rings. The summed E-state index contributed by atoms with van der Waals surface area (Å²) in [4.78, 5) is 32.8. The van der Waals surface area contributed by atoms with Crippen LogP contribution in [0.3, 0.4) is 0 Å². The van der Waals surface area contributed by atoms with Crippen LogP contribution < -0.4 is 11.1 Å². The summed E-state index contributed by atoms with van der Waals surface area (Å²) in [7, 11) is 0. The molecule has 1 unspecified atom stereocenters. The summed E-state index contributed by atoms with van der Waals surface area (Å²) in [6, 6.07) is 1.83. The van der Waals surface area contributed by atoms with Gasteiger partial charge < -0.3 is 21.3 Å². The minimum Gasteiger partial charge on any atom is -0.481 e. The molecule has 0 aromatic heterocycles. The second-order valence-electron chi connectivity index (χ2n) is 3.66. The van der Waals surface area contributed by atoms with Gasteiger partial charge in [0.2, 0.25) is 5.91 Å². The maximum Gasteiger partial charge on any atom is 0.337 e. The molecule has 102 valence electrons. The Labute approximate surface area is 106 Å². The molecule has 5 N–H and O–H groups in total. The number of benzene rings is 1. The number of nitrogens with two attached hydrogens (primary N) is 1. The third-order valence-electron chi connectivity index (χ3n) is 2.22. The average Bonchev–Trinajstić information content (AvgIpc) is 2.30. The van der Waals surface area contributed by atoms with E-state index < -0.39 is 47.4 Å². The predicted octanol–water partition coefficient (Wildman–Crippen LogP) is 0.264. The van der Waals surface area contributed by atoms with E-state index in [1.165, 1.54) is 6.07 Å². The Bertz CT molecular complexity index is 532. The first kappa shape index (κ1) is 14.6. The number of rotatable bonds is 5. The lowest BCUT2D eigenvalue weighted by Gasteiger charge is -2.12. The molecule has 0 aliphatic carbocycles. The number of para-hydroxylation sites is 1. The molecule has 1 amide bonds. The monoisotopic (exact) mass is 270 g/mol. The summed E-state index contributed by atoms with van der Waals surface area (Å²) in [6.07, 6.45) is -0.650. The fourth-order valence-electron chi connectivity index (χ4n) is 1.33. The quantitative estimate of drug-likeness (QED) is 0.607. The third kappa shape index (κ3) is 3.75. The summed E-state index contributed by atoms with van der Waals surface area (Å²) in [6.45, 7) is 0. The number of carbonyl (C=O) groups is 3. The first-order valence-electron chi connectivity index (χ1n) is 5.13. The molecule has 0 radical (unpaired) electrons. The predicted molar refractivity (Wildman–Crippen MR) is 62.2 cm³/mol. The van der Waals surface area contributed by atoms with E-state index in [4.69, 9.17) is 15.9 Å². The molecule has 0 aliphatic heterocycles. The van der Waals surface area contributed by atoms with Gasteiger partial charge in [0.1, 0.15) is 5.82 Å². The number of carboxylic acid groups (broad SMARTS) is 2.